The third kappa shape index (κ3) is 6.65. The van der Waals surface area contributed by atoms with Gasteiger partial charge in [-0.25, -0.2) is 23.1 Å². The predicted molar refractivity (Wildman–Crippen MR) is 82.9 cm³/mol. The van der Waals surface area contributed by atoms with Crippen LogP contribution in [-0.2, 0) is 10.0 Å². The number of methoxy groups -OCH3 is 1. The van der Waals surface area contributed by atoms with Crippen molar-refractivity contribution in [2.24, 2.45) is 0 Å². The summed E-state index contributed by atoms with van der Waals surface area (Å²) in [5.41, 5.74) is 0. The average Bonchev–Trinajstić information content (AvgIpc) is 2.55. The molecule has 0 spiro atoms. The van der Waals surface area contributed by atoms with Gasteiger partial charge in [-0.15, -0.1) is 0 Å². The van der Waals surface area contributed by atoms with E-state index in [4.69, 9.17) is 9.47 Å². The Bertz CT molecular complexity index is 662. The molecule has 0 aliphatic heterocycles. The number of hydrogen-bond acceptors (Lipinski definition) is 6. The van der Waals surface area contributed by atoms with Gasteiger partial charge in [-0.2, -0.15) is 13.2 Å². The van der Waals surface area contributed by atoms with E-state index in [0.717, 1.165) is 0 Å². The maximum Gasteiger partial charge on any atom is 0.390 e. The van der Waals surface area contributed by atoms with E-state index in [1.165, 1.54) is 19.5 Å². The van der Waals surface area contributed by atoms with Gasteiger partial charge in [-0.1, -0.05) is 0 Å². The molecule has 1 saturated carbocycles. The molecule has 25 heavy (non-hydrogen) atoms. The zero-order valence-corrected chi connectivity index (χ0v) is 14.4. The standard InChI is InChI=1S/C14H20F3N3O4S/c1-23-12-13(19-8-7-18-12)24-11-4-2-10(3-5-11)20-25(21,22)9-6-14(15,16)17/h7-8,10-11,20H,2-6,9H2,1H3. The van der Waals surface area contributed by atoms with Crippen LogP contribution in [0.3, 0.4) is 0 Å². The number of ether oxygens (including phenoxy) is 2. The number of nitrogens with zero attached hydrogens (tertiary/aromatic N) is 2. The van der Waals surface area contributed by atoms with E-state index in [1.807, 2.05) is 0 Å². The van der Waals surface area contributed by atoms with E-state index in [2.05, 4.69) is 14.7 Å². The summed E-state index contributed by atoms with van der Waals surface area (Å²) in [5, 5.41) is 0. The Morgan fingerprint density at radius 1 is 1.16 bits per heavy atom. The lowest BCUT2D eigenvalue weighted by Crippen LogP contribution is -2.41. The van der Waals surface area contributed by atoms with Crippen LogP contribution in [0.4, 0.5) is 13.2 Å². The molecule has 0 aromatic carbocycles. The highest BCUT2D eigenvalue weighted by molar-refractivity contribution is 7.89. The van der Waals surface area contributed by atoms with Crippen molar-refractivity contribution in [3.8, 4) is 11.8 Å². The summed E-state index contributed by atoms with van der Waals surface area (Å²) in [6.07, 6.45) is -1.04. The van der Waals surface area contributed by atoms with E-state index >= 15 is 0 Å². The van der Waals surface area contributed by atoms with Crippen LogP contribution in [0.5, 0.6) is 11.8 Å². The number of aromatic nitrogens is 2. The Morgan fingerprint density at radius 3 is 2.32 bits per heavy atom. The molecular weight excluding hydrogens is 363 g/mol. The Morgan fingerprint density at radius 2 is 1.76 bits per heavy atom. The smallest absolute Gasteiger partial charge is 0.390 e. The third-order valence-electron chi connectivity index (χ3n) is 3.78. The molecule has 2 rings (SSSR count). The lowest BCUT2D eigenvalue weighted by atomic mass is 9.94. The molecule has 1 aliphatic rings. The van der Waals surface area contributed by atoms with Crippen molar-refractivity contribution in [1.29, 1.82) is 0 Å². The summed E-state index contributed by atoms with van der Waals surface area (Å²) >= 11 is 0. The van der Waals surface area contributed by atoms with E-state index < -0.39 is 28.4 Å². The topological polar surface area (TPSA) is 90.4 Å². The lowest BCUT2D eigenvalue weighted by Gasteiger charge is -2.29. The Hall–Kier alpha value is -1.62. The van der Waals surface area contributed by atoms with Crippen LogP contribution in [0.25, 0.3) is 0 Å². The van der Waals surface area contributed by atoms with Crippen LogP contribution in [0.1, 0.15) is 32.1 Å². The van der Waals surface area contributed by atoms with Gasteiger partial charge in [0.2, 0.25) is 10.0 Å². The minimum absolute atomic E-state index is 0.179. The van der Waals surface area contributed by atoms with Crippen molar-refractivity contribution < 1.29 is 31.1 Å². The van der Waals surface area contributed by atoms with E-state index in [0.29, 0.717) is 25.7 Å². The number of halogens is 3. The summed E-state index contributed by atoms with van der Waals surface area (Å²) in [5.74, 6) is -0.430. The fourth-order valence-corrected chi connectivity index (χ4v) is 3.91. The van der Waals surface area contributed by atoms with Crippen LogP contribution in [0.15, 0.2) is 12.4 Å². The van der Waals surface area contributed by atoms with Crippen LogP contribution in [0.2, 0.25) is 0 Å². The summed E-state index contributed by atoms with van der Waals surface area (Å²) in [4.78, 5) is 8.01. The number of sulfonamides is 1. The normalized spacial score (nSPS) is 21.8. The molecule has 1 aromatic rings. The molecule has 0 radical (unpaired) electrons. The van der Waals surface area contributed by atoms with Crippen LogP contribution in [0, 0.1) is 0 Å². The van der Waals surface area contributed by atoms with E-state index in [-0.39, 0.29) is 23.9 Å². The van der Waals surface area contributed by atoms with Gasteiger partial charge in [-0.3, -0.25) is 0 Å². The van der Waals surface area contributed by atoms with Crippen molar-refractivity contribution in [2.45, 2.75) is 50.4 Å². The zero-order valence-electron chi connectivity index (χ0n) is 13.6. The molecule has 0 amide bonds. The van der Waals surface area contributed by atoms with Gasteiger partial charge in [0.15, 0.2) is 0 Å². The maximum atomic E-state index is 12.2. The zero-order chi connectivity index (χ0) is 18.5. The van der Waals surface area contributed by atoms with Gasteiger partial charge >= 0.3 is 6.18 Å². The van der Waals surface area contributed by atoms with E-state index in [9.17, 15) is 21.6 Å². The van der Waals surface area contributed by atoms with Gasteiger partial charge in [0, 0.05) is 18.4 Å². The van der Waals surface area contributed by atoms with Gasteiger partial charge in [-0.05, 0) is 25.7 Å². The molecule has 142 valence electrons. The second-order valence-electron chi connectivity index (χ2n) is 5.76. The molecule has 1 fully saturated rings. The molecule has 11 heteroatoms. The molecule has 0 unspecified atom stereocenters. The fourth-order valence-electron chi connectivity index (χ4n) is 2.55. The molecule has 0 bridgehead atoms. The first-order valence-electron chi connectivity index (χ1n) is 7.77. The second kappa shape index (κ2) is 8.17. The van der Waals surface area contributed by atoms with Crippen molar-refractivity contribution in [1.82, 2.24) is 14.7 Å². The van der Waals surface area contributed by atoms with Crippen molar-refractivity contribution in [2.75, 3.05) is 12.9 Å². The number of rotatable bonds is 7. The predicted octanol–water partition coefficient (Wildman–Crippen LogP) is 2.05. The molecule has 0 saturated heterocycles. The maximum absolute atomic E-state index is 12.2. The largest absolute Gasteiger partial charge is 0.477 e. The second-order valence-corrected chi connectivity index (χ2v) is 7.64. The lowest BCUT2D eigenvalue weighted by molar-refractivity contribution is -0.130. The minimum Gasteiger partial charge on any atom is -0.477 e. The van der Waals surface area contributed by atoms with Crippen LogP contribution < -0.4 is 14.2 Å². The molecule has 1 aromatic heterocycles. The summed E-state index contributed by atoms with van der Waals surface area (Å²) in [6.45, 7) is 0. The summed E-state index contributed by atoms with van der Waals surface area (Å²) in [7, 11) is -2.51. The highest BCUT2D eigenvalue weighted by atomic mass is 32.2. The highest BCUT2D eigenvalue weighted by Crippen LogP contribution is 2.27. The number of hydrogen-bond donors (Lipinski definition) is 1. The first-order chi connectivity index (χ1) is 11.7. The number of alkyl halides is 3. The molecule has 7 nitrogen and oxygen atoms in total. The Balaban J connectivity index is 1.81. The summed E-state index contributed by atoms with van der Waals surface area (Å²) in [6, 6.07) is -0.387. The molecule has 0 atom stereocenters. The van der Waals surface area contributed by atoms with Gasteiger partial charge in [0.25, 0.3) is 11.8 Å². The molecule has 1 heterocycles. The van der Waals surface area contributed by atoms with Crippen molar-refractivity contribution in [3.05, 3.63) is 12.4 Å². The van der Waals surface area contributed by atoms with Crippen molar-refractivity contribution >= 4 is 10.0 Å². The minimum atomic E-state index is -4.49. The van der Waals surface area contributed by atoms with Gasteiger partial charge < -0.3 is 9.47 Å². The SMILES string of the molecule is COc1nccnc1OC1CCC(NS(=O)(=O)CCC(F)(F)F)CC1. The van der Waals surface area contributed by atoms with Gasteiger partial charge in [0.05, 0.1) is 19.3 Å². The molecule has 1 N–H and O–H groups in total. The highest BCUT2D eigenvalue weighted by Gasteiger charge is 2.32. The Kier molecular flexibility index (Phi) is 6.44. The van der Waals surface area contributed by atoms with Crippen molar-refractivity contribution in [3.63, 3.8) is 0 Å². The monoisotopic (exact) mass is 383 g/mol. The van der Waals surface area contributed by atoms with Crippen LogP contribution in [-0.4, -0.2) is 49.6 Å². The quantitative estimate of drug-likeness (QED) is 0.775. The van der Waals surface area contributed by atoms with E-state index in [1.54, 1.807) is 0 Å². The first-order valence-corrected chi connectivity index (χ1v) is 9.42. The molecule has 1 aliphatic carbocycles. The fraction of sp³-hybridized carbons (Fsp3) is 0.714. The van der Waals surface area contributed by atoms with Crippen LogP contribution >= 0.6 is 0 Å². The first kappa shape index (κ1) is 19.7. The Labute approximate surface area is 144 Å². The summed E-state index contributed by atoms with van der Waals surface area (Å²) < 4.78 is 73.0. The average molecular weight is 383 g/mol. The van der Waals surface area contributed by atoms with Gasteiger partial charge in [0.1, 0.15) is 6.10 Å². The number of nitrogens with one attached hydrogen (secondary N) is 1. The third-order valence-corrected chi connectivity index (χ3v) is 5.21. The molecular formula is C14H20F3N3O4S.